The highest BCUT2D eigenvalue weighted by molar-refractivity contribution is 7.08. The Labute approximate surface area is 192 Å². The fourth-order valence-corrected chi connectivity index (χ4v) is 4.77. The lowest BCUT2D eigenvalue weighted by Gasteiger charge is -2.26. The number of amides is 1. The lowest BCUT2D eigenvalue weighted by molar-refractivity contribution is -0.421. The van der Waals surface area contributed by atoms with Gasteiger partial charge in [-0.3, -0.25) is 9.69 Å². The maximum atomic E-state index is 13.2. The normalized spacial score (nSPS) is 18.1. The molecule has 1 amide bonds. The molecule has 0 unspecified atom stereocenters. The molecule has 170 valence electrons. The molecule has 32 heavy (non-hydrogen) atoms. The van der Waals surface area contributed by atoms with Crippen LogP contribution in [-0.2, 0) is 9.53 Å². The Morgan fingerprint density at radius 1 is 1.28 bits per heavy atom. The molecule has 4 rings (SSSR count). The van der Waals surface area contributed by atoms with Crippen LogP contribution in [0.25, 0.3) is 5.57 Å². The molecule has 1 N–H and O–H groups in total. The van der Waals surface area contributed by atoms with Gasteiger partial charge >= 0.3 is 0 Å². The van der Waals surface area contributed by atoms with E-state index in [0.29, 0.717) is 23.6 Å². The van der Waals surface area contributed by atoms with Crippen LogP contribution in [0.1, 0.15) is 30.5 Å². The van der Waals surface area contributed by atoms with Crippen molar-refractivity contribution >= 4 is 28.5 Å². The van der Waals surface area contributed by atoms with Crippen molar-refractivity contribution in [3.8, 4) is 5.75 Å². The highest BCUT2D eigenvalue weighted by Crippen LogP contribution is 2.40. The fraction of sp³-hybridized carbons (Fsp3) is 0.417. The number of carbonyl (C=O) groups is 1. The van der Waals surface area contributed by atoms with Crippen LogP contribution in [0.2, 0.25) is 0 Å². The van der Waals surface area contributed by atoms with Crippen molar-refractivity contribution in [2.24, 2.45) is 0 Å². The molecule has 0 atom stereocenters. The Hall–Kier alpha value is -2.68. The molecule has 0 bridgehead atoms. The largest absolute Gasteiger partial charge is 0.624 e. The van der Waals surface area contributed by atoms with Gasteiger partial charge < -0.3 is 20.0 Å². The summed E-state index contributed by atoms with van der Waals surface area (Å²) in [6.45, 7) is 8.52. The molecule has 0 spiro atoms. The van der Waals surface area contributed by atoms with Gasteiger partial charge in [0.05, 0.1) is 18.8 Å². The minimum atomic E-state index is -0.245. The van der Waals surface area contributed by atoms with Gasteiger partial charge in [0, 0.05) is 31.2 Å². The molecule has 0 saturated carbocycles. The van der Waals surface area contributed by atoms with Gasteiger partial charge in [-0.15, -0.1) is 0 Å². The van der Waals surface area contributed by atoms with E-state index in [1.165, 1.54) is 7.05 Å². The van der Waals surface area contributed by atoms with Crippen LogP contribution < -0.4 is 10.1 Å². The second kappa shape index (κ2) is 9.85. The standard InChI is InChI=1S/C24H29N3O4S/c1-16(2)25-24(28)22-21(17-6-13-32-15-17)19-5-4-18(14-20(19)23(22)26(3)29)31-12-9-27-7-10-30-11-8-27/h4-6,13-16H,7-12H2,1-3H3,(H,25,28)/b26-23+. The van der Waals surface area contributed by atoms with Gasteiger partial charge in [0.2, 0.25) is 5.71 Å². The molecule has 7 nitrogen and oxygen atoms in total. The molecule has 1 aromatic carbocycles. The first-order chi connectivity index (χ1) is 15.5. The number of thiophene rings is 1. The molecule has 2 heterocycles. The number of rotatable bonds is 7. The van der Waals surface area contributed by atoms with Crippen LogP contribution in [0.15, 0.2) is 40.6 Å². The molecule has 1 aliphatic carbocycles. The van der Waals surface area contributed by atoms with E-state index in [9.17, 15) is 10.0 Å². The summed E-state index contributed by atoms with van der Waals surface area (Å²) in [6, 6.07) is 7.68. The van der Waals surface area contributed by atoms with Crippen molar-refractivity contribution in [1.29, 1.82) is 0 Å². The average molecular weight is 456 g/mol. The number of hydrogen-bond acceptors (Lipinski definition) is 6. The van der Waals surface area contributed by atoms with Crippen LogP contribution in [0.5, 0.6) is 5.75 Å². The Kier molecular flexibility index (Phi) is 6.93. The lowest BCUT2D eigenvalue weighted by Crippen LogP contribution is -2.38. The van der Waals surface area contributed by atoms with Gasteiger partial charge in [-0.1, -0.05) is 0 Å². The first-order valence-electron chi connectivity index (χ1n) is 10.9. The summed E-state index contributed by atoms with van der Waals surface area (Å²) >= 11 is 1.56. The average Bonchev–Trinajstić information content (AvgIpc) is 3.39. The van der Waals surface area contributed by atoms with Crippen LogP contribution in [0, 0.1) is 5.21 Å². The monoisotopic (exact) mass is 455 g/mol. The molecule has 1 saturated heterocycles. The van der Waals surface area contributed by atoms with E-state index in [-0.39, 0.29) is 11.9 Å². The Bertz CT molecular complexity index is 1030. The van der Waals surface area contributed by atoms with E-state index >= 15 is 0 Å². The van der Waals surface area contributed by atoms with Gasteiger partial charge in [-0.05, 0) is 60.0 Å². The summed E-state index contributed by atoms with van der Waals surface area (Å²) in [5, 5.41) is 19.6. The number of ether oxygens (including phenoxy) is 2. The molecular formula is C24H29N3O4S. The van der Waals surface area contributed by atoms with E-state index in [1.54, 1.807) is 11.3 Å². The number of hydroxylamine groups is 1. The number of benzene rings is 1. The minimum Gasteiger partial charge on any atom is -0.624 e. The SMILES string of the molecule is CC(C)NC(=O)C1=C(c2ccsc2)c2ccc(OCCN3CCOCC3)cc2/C1=[N+](/C)[O-]. The number of morpholine rings is 1. The van der Waals surface area contributed by atoms with Crippen molar-refractivity contribution in [2.75, 3.05) is 46.5 Å². The topological polar surface area (TPSA) is 76.9 Å². The minimum absolute atomic E-state index is 0.0419. The van der Waals surface area contributed by atoms with Gasteiger partial charge in [0.25, 0.3) is 5.91 Å². The summed E-state index contributed by atoms with van der Waals surface area (Å²) in [5.74, 6) is 0.441. The quantitative estimate of drug-likeness (QED) is 0.395. The maximum absolute atomic E-state index is 13.2. The number of fused-ring (bicyclic) bond motifs is 1. The predicted octanol–water partition coefficient (Wildman–Crippen LogP) is 2.73. The Morgan fingerprint density at radius 2 is 2.06 bits per heavy atom. The second-order valence-corrected chi connectivity index (χ2v) is 9.03. The van der Waals surface area contributed by atoms with E-state index in [0.717, 1.165) is 59.9 Å². The molecule has 1 aliphatic heterocycles. The smallest absolute Gasteiger partial charge is 0.258 e. The Morgan fingerprint density at radius 3 is 2.72 bits per heavy atom. The van der Waals surface area contributed by atoms with Crippen molar-refractivity contribution in [3.05, 3.63) is 62.5 Å². The van der Waals surface area contributed by atoms with Gasteiger partial charge in [0.15, 0.2) is 0 Å². The number of carbonyl (C=O) groups excluding carboxylic acids is 1. The maximum Gasteiger partial charge on any atom is 0.258 e. The van der Waals surface area contributed by atoms with Crippen LogP contribution in [0.3, 0.4) is 0 Å². The molecule has 1 aromatic heterocycles. The highest BCUT2D eigenvalue weighted by Gasteiger charge is 2.38. The zero-order valence-corrected chi connectivity index (χ0v) is 19.5. The zero-order chi connectivity index (χ0) is 22.7. The van der Waals surface area contributed by atoms with Crippen LogP contribution in [-0.4, -0.2) is 73.8 Å². The highest BCUT2D eigenvalue weighted by atomic mass is 32.1. The third-order valence-electron chi connectivity index (χ3n) is 5.55. The second-order valence-electron chi connectivity index (χ2n) is 8.25. The van der Waals surface area contributed by atoms with Crippen molar-refractivity contribution in [2.45, 2.75) is 19.9 Å². The van der Waals surface area contributed by atoms with Crippen LogP contribution >= 0.6 is 11.3 Å². The zero-order valence-electron chi connectivity index (χ0n) is 18.7. The summed E-state index contributed by atoms with van der Waals surface area (Å²) < 4.78 is 12.2. The summed E-state index contributed by atoms with van der Waals surface area (Å²) in [5.41, 5.74) is 4.10. The van der Waals surface area contributed by atoms with Gasteiger partial charge in [-0.25, -0.2) is 4.74 Å². The van der Waals surface area contributed by atoms with Crippen molar-refractivity contribution < 1.29 is 19.0 Å². The molecule has 2 aromatic rings. The van der Waals surface area contributed by atoms with E-state index in [4.69, 9.17) is 9.47 Å². The van der Waals surface area contributed by atoms with Gasteiger partial charge in [-0.2, -0.15) is 11.3 Å². The number of nitrogens with one attached hydrogen (secondary N) is 1. The predicted molar refractivity (Wildman–Crippen MR) is 126 cm³/mol. The van der Waals surface area contributed by atoms with E-state index in [2.05, 4.69) is 10.2 Å². The molecular weight excluding hydrogens is 426 g/mol. The van der Waals surface area contributed by atoms with Gasteiger partial charge in [0.1, 0.15) is 25.0 Å². The first-order valence-corrected chi connectivity index (χ1v) is 11.8. The van der Waals surface area contributed by atoms with E-state index < -0.39 is 0 Å². The molecule has 1 fully saturated rings. The molecule has 0 radical (unpaired) electrons. The third-order valence-corrected chi connectivity index (χ3v) is 6.24. The fourth-order valence-electron chi connectivity index (χ4n) is 4.12. The third kappa shape index (κ3) is 4.72. The summed E-state index contributed by atoms with van der Waals surface area (Å²) in [6.07, 6.45) is 0. The number of hydrogen-bond donors (Lipinski definition) is 1. The first kappa shape index (κ1) is 22.5. The van der Waals surface area contributed by atoms with Crippen molar-refractivity contribution in [1.82, 2.24) is 10.2 Å². The van der Waals surface area contributed by atoms with Crippen LogP contribution in [0.4, 0.5) is 0 Å². The lowest BCUT2D eigenvalue weighted by atomic mass is 9.99. The number of nitrogens with zero attached hydrogens (tertiary/aromatic N) is 2. The summed E-state index contributed by atoms with van der Waals surface area (Å²) in [4.78, 5) is 15.5. The molecule has 8 heteroatoms. The molecule has 2 aliphatic rings. The van der Waals surface area contributed by atoms with E-state index in [1.807, 2.05) is 48.9 Å². The Balaban J connectivity index is 1.65. The summed E-state index contributed by atoms with van der Waals surface area (Å²) in [7, 11) is 1.43. The van der Waals surface area contributed by atoms with Crippen molar-refractivity contribution in [3.63, 3.8) is 0 Å².